The zero-order valence-corrected chi connectivity index (χ0v) is 15.3. The molecule has 5 fully saturated rings. The van der Waals surface area contributed by atoms with E-state index in [1.807, 2.05) is 0 Å². The minimum Gasteiger partial charge on any atom is -0.290 e. The van der Waals surface area contributed by atoms with Gasteiger partial charge in [-0.25, -0.2) is 0 Å². The Balaban J connectivity index is 1.54. The third-order valence-electron chi connectivity index (χ3n) is 7.84. The van der Waals surface area contributed by atoms with E-state index in [1.54, 1.807) is 0 Å². The Bertz CT molecular complexity index is 764. The van der Waals surface area contributed by atoms with Crippen LogP contribution in [0.2, 0.25) is 0 Å². The van der Waals surface area contributed by atoms with E-state index in [9.17, 15) is 0 Å². The highest BCUT2D eigenvalue weighted by Gasteiger charge is 2.63. The molecule has 4 bridgehead atoms. The fourth-order valence-electron chi connectivity index (χ4n) is 7.19. The van der Waals surface area contributed by atoms with Crippen molar-refractivity contribution in [2.45, 2.75) is 50.5 Å². The van der Waals surface area contributed by atoms with Crippen molar-refractivity contribution in [3.8, 4) is 5.69 Å². The maximum atomic E-state index is 4.72. The minimum atomic E-state index is 0.0588. The first-order chi connectivity index (χ1) is 12.9. The molecule has 4 aliphatic carbocycles. The minimum absolute atomic E-state index is 0.0588. The summed E-state index contributed by atoms with van der Waals surface area (Å²) in [6.07, 6.45) is 9.64. The molecule has 0 N–H and O–H groups in total. The van der Waals surface area contributed by atoms with E-state index in [0.29, 0.717) is 0 Å². The van der Waals surface area contributed by atoms with Gasteiger partial charge in [0.2, 0.25) is 0 Å². The topological polar surface area (TPSA) is 46.8 Å². The lowest BCUT2D eigenvalue weighted by molar-refractivity contribution is -0.140. The summed E-state index contributed by atoms with van der Waals surface area (Å²) in [6, 6.07) is 10.5. The Morgan fingerprint density at radius 2 is 1.50 bits per heavy atom. The second-order valence-corrected chi connectivity index (χ2v) is 9.07. The number of nitrogens with zero attached hydrogens (tertiary/aromatic N) is 5. The molecule has 1 aromatic heterocycles. The molecule has 0 atom stereocenters. The highest BCUT2D eigenvalue weighted by atomic mass is 15.6. The molecule has 26 heavy (non-hydrogen) atoms. The fraction of sp³-hybridized carbons (Fsp3) is 0.667. The SMILES string of the molecule is c1ccc(-n2nnnc2C2(N3CCCC3)C3CC4CC(C3)CC2C4)cc1. The first kappa shape index (κ1) is 15.3. The second kappa shape index (κ2) is 5.62. The van der Waals surface area contributed by atoms with Gasteiger partial charge >= 0.3 is 0 Å². The Morgan fingerprint density at radius 1 is 0.846 bits per heavy atom. The predicted molar refractivity (Wildman–Crippen MR) is 98.7 cm³/mol. The van der Waals surface area contributed by atoms with Gasteiger partial charge < -0.3 is 0 Å². The van der Waals surface area contributed by atoms with E-state index in [2.05, 4.69) is 50.3 Å². The van der Waals surface area contributed by atoms with Gasteiger partial charge in [0.05, 0.1) is 11.2 Å². The Morgan fingerprint density at radius 3 is 2.15 bits per heavy atom. The van der Waals surface area contributed by atoms with E-state index >= 15 is 0 Å². The fourth-order valence-corrected chi connectivity index (χ4v) is 7.19. The average molecular weight is 349 g/mol. The van der Waals surface area contributed by atoms with Crippen LogP contribution >= 0.6 is 0 Å². The van der Waals surface area contributed by atoms with Gasteiger partial charge in [0.15, 0.2) is 5.82 Å². The summed E-state index contributed by atoms with van der Waals surface area (Å²) in [5.41, 5.74) is 1.16. The number of likely N-dealkylation sites (tertiary alicyclic amines) is 1. The highest BCUT2D eigenvalue weighted by Crippen LogP contribution is 2.64. The third-order valence-corrected chi connectivity index (χ3v) is 7.84. The number of para-hydroxylation sites is 1. The molecule has 0 radical (unpaired) electrons. The van der Waals surface area contributed by atoms with Crippen molar-refractivity contribution in [3.05, 3.63) is 36.2 Å². The molecule has 0 unspecified atom stereocenters. The predicted octanol–water partition coefficient (Wildman–Crippen LogP) is 3.41. The molecule has 5 nitrogen and oxygen atoms in total. The molecule has 1 saturated heterocycles. The molecule has 1 aliphatic heterocycles. The van der Waals surface area contributed by atoms with Crippen LogP contribution in [0.25, 0.3) is 5.69 Å². The Labute approximate surface area is 154 Å². The molecule has 4 saturated carbocycles. The van der Waals surface area contributed by atoms with E-state index < -0.39 is 0 Å². The summed E-state index contributed by atoms with van der Waals surface area (Å²) in [6.45, 7) is 2.42. The highest BCUT2D eigenvalue weighted by molar-refractivity contribution is 5.33. The smallest absolute Gasteiger partial charge is 0.177 e. The number of benzene rings is 1. The van der Waals surface area contributed by atoms with Crippen molar-refractivity contribution >= 4 is 0 Å². The number of hydrogen-bond donors (Lipinski definition) is 0. The van der Waals surface area contributed by atoms with E-state index in [0.717, 1.165) is 35.2 Å². The lowest BCUT2D eigenvalue weighted by atomic mass is 9.47. The molecule has 136 valence electrons. The van der Waals surface area contributed by atoms with E-state index in [1.165, 1.54) is 58.0 Å². The number of aromatic nitrogens is 4. The van der Waals surface area contributed by atoms with Crippen molar-refractivity contribution in [1.82, 2.24) is 25.1 Å². The van der Waals surface area contributed by atoms with Gasteiger partial charge in [-0.15, -0.1) is 5.10 Å². The first-order valence-electron chi connectivity index (χ1n) is 10.4. The van der Waals surface area contributed by atoms with Crippen molar-refractivity contribution in [2.75, 3.05) is 13.1 Å². The molecule has 2 aromatic rings. The van der Waals surface area contributed by atoms with Gasteiger partial charge in [0, 0.05) is 0 Å². The molecule has 0 amide bonds. The zero-order valence-electron chi connectivity index (χ0n) is 15.3. The normalized spacial score (nSPS) is 38.9. The van der Waals surface area contributed by atoms with Crippen LogP contribution in [0.5, 0.6) is 0 Å². The van der Waals surface area contributed by atoms with Crippen LogP contribution in [0.1, 0.15) is 50.8 Å². The van der Waals surface area contributed by atoms with Gasteiger partial charge in [-0.1, -0.05) is 18.2 Å². The number of tetrazole rings is 1. The zero-order chi connectivity index (χ0) is 17.1. The van der Waals surface area contributed by atoms with E-state index in [-0.39, 0.29) is 5.54 Å². The molecule has 5 aliphatic rings. The standard InChI is InChI=1S/C21H27N5/c1-2-6-19(7-3-1)26-20(22-23-24-26)21(25-8-4-5-9-25)17-11-15-10-16(13-17)14-18(21)12-15/h1-3,6-7,15-18H,4-5,8-14H2. The molecular formula is C21H27N5. The monoisotopic (exact) mass is 349 g/mol. The third kappa shape index (κ3) is 1.98. The summed E-state index contributed by atoms with van der Waals surface area (Å²) in [7, 11) is 0. The van der Waals surface area contributed by atoms with Crippen LogP contribution in [0.15, 0.2) is 30.3 Å². The van der Waals surface area contributed by atoms with Gasteiger partial charge in [0.1, 0.15) is 0 Å². The van der Waals surface area contributed by atoms with E-state index in [4.69, 9.17) is 5.10 Å². The van der Waals surface area contributed by atoms with Crippen molar-refractivity contribution in [2.24, 2.45) is 23.7 Å². The number of hydrogen-bond acceptors (Lipinski definition) is 4. The molecule has 0 spiro atoms. The van der Waals surface area contributed by atoms with Crippen LogP contribution in [-0.2, 0) is 5.54 Å². The summed E-state index contributed by atoms with van der Waals surface area (Å²) >= 11 is 0. The van der Waals surface area contributed by atoms with Crippen molar-refractivity contribution < 1.29 is 0 Å². The summed E-state index contributed by atoms with van der Waals surface area (Å²) in [4.78, 5) is 2.80. The lowest BCUT2D eigenvalue weighted by Gasteiger charge is -2.63. The van der Waals surface area contributed by atoms with Gasteiger partial charge in [-0.05, 0) is 104 Å². The Kier molecular flexibility index (Phi) is 3.31. The van der Waals surface area contributed by atoms with Crippen LogP contribution in [0.3, 0.4) is 0 Å². The second-order valence-electron chi connectivity index (χ2n) is 9.07. The molecule has 2 heterocycles. The molecular weight excluding hydrogens is 322 g/mol. The number of rotatable bonds is 3. The summed E-state index contributed by atoms with van der Waals surface area (Å²) < 4.78 is 2.06. The summed E-state index contributed by atoms with van der Waals surface area (Å²) in [5.74, 6) is 4.48. The van der Waals surface area contributed by atoms with Crippen molar-refractivity contribution in [1.29, 1.82) is 0 Å². The summed E-state index contributed by atoms with van der Waals surface area (Å²) in [5, 5.41) is 13.4. The van der Waals surface area contributed by atoms with Crippen molar-refractivity contribution in [3.63, 3.8) is 0 Å². The molecule has 7 rings (SSSR count). The molecule has 5 heteroatoms. The maximum absolute atomic E-state index is 4.72. The van der Waals surface area contributed by atoms with Gasteiger partial charge in [-0.2, -0.15) is 4.68 Å². The lowest BCUT2D eigenvalue weighted by Crippen LogP contribution is -2.64. The largest absolute Gasteiger partial charge is 0.290 e. The molecule has 1 aromatic carbocycles. The van der Waals surface area contributed by atoms with Crippen LogP contribution in [0.4, 0.5) is 0 Å². The van der Waals surface area contributed by atoms with Gasteiger partial charge in [0.25, 0.3) is 0 Å². The van der Waals surface area contributed by atoms with Gasteiger partial charge in [-0.3, -0.25) is 4.90 Å². The maximum Gasteiger partial charge on any atom is 0.177 e. The Hall–Kier alpha value is -1.75. The van der Waals surface area contributed by atoms with Crippen LogP contribution in [0, 0.1) is 23.7 Å². The first-order valence-corrected chi connectivity index (χ1v) is 10.4. The quantitative estimate of drug-likeness (QED) is 0.852. The average Bonchev–Trinajstić information content (AvgIpc) is 3.35. The van der Waals surface area contributed by atoms with Crippen LogP contribution < -0.4 is 0 Å². The van der Waals surface area contributed by atoms with Crippen LogP contribution in [-0.4, -0.2) is 38.2 Å².